The van der Waals surface area contributed by atoms with Gasteiger partial charge in [-0.3, -0.25) is 9.69 Å². The van der Waals surface area contributed by atoms with Gasteiger partial charge in [-0.25, -0.2) is 13.1 Å². The summed E-state index contributed by atoms with van der Waals surface area (Å²) in [6.07, 6.45) is 1.42. The molecule has 0 radical (unpaired) electrons. The van der Waals surface area contributed by atoms with Gasteiger partial charge in [0, 0.05) is 56.8 Å². The number of hydrogen-bond donors (Lipinski definition) is 2. The largest absolute Gasteiger partial charge is 0.369 e. The number of carbonyl (C=O) groups is 1. The maximum atomic E-state index is 12.5. The van der Waals surface area contributed by atoms with Crippen molar-refractivity contribution >= 4 is 33.0 Å². The topological polar surface area (TPSA) is 81.7 Å². The molecule has 1 saturated heterocycles. The lowest BCUT2D eigenvalue weighted by Gasteiger charge is -2.36. The smallest absolute Gasteiger partial charge is 0.250 e. The van der Waals surface area contributed by atoms with Gasteiger partial charge in [-0.15, -0.1) is 11.3 Å². The number of hydrogen-bond acceptors (Lipinski definition) is 6. The fourth-order valence-electron chi connectivity index (χ4n) is 3.45. The number of amides is 1. The van der Waals surface area contributed by atoms with Crippen LogP contribution in [0.1, 0.15) is 18.2 Å². The van der Waals surface area contributed by atoms with Crippen LogP contribution >= 0.6 is 11.3 Å². The third-order valence-corrected chi connectivity index (χ3v) is 8.18. The number of para-hydroxylation sites is 1. The monoisotopic (exact) mass is 450 g/mol. The molecule has 1 aromatic heterocycles. The van der Waals surface area contributed by atoms with Crippen LogP contribution in [0.3, 0.4) is 0 Å². The number of piperazine rings is 1. The van der Waals surface area contributed by atoms with Gasteiger partial charge < -0.3 is 10.2 Å². The van der Waals surface area contributed by atoms with Crippen LogP contribution in [-0.2, 0) is 21.2 Å². The summed E-state index contributed by atoms with van der Waals surface area (Å²) in [4.78, 5) is 16.6. The first-order valence-corrected chi connectivity index (χ1v) is 12.6. The lowest BCUT2D eigenvalue weighted by molar-refractivity contribution is -0.118. The van der Waals surface area contributed by atoms with Gasteiger partial charge in [0.1, 0.15) is 4.21 Å². The number of nitrogens with zero attached hydrogens (tertiary/aromatic N) is 2. The van der Waals surface area contributed by atoms with Gasteiger partial charge in [-0.2, -0.15) is 0 Å². The summed E-state index contributed by atoms with van der Waals surface area (Å²) in [5.41, 5.74) is 1.26. The summed E-state index contributed by atoms with van der Waals surface area (Å²) in [6, 6.07) is 13.9. The summed E-state index contributed by atoms with van der Waals surface area (Å²) >= 11 is 1.26. The molecule has 7 nitrogen and oxygen atoms in total. The Labute approximate surface area is 183 Å². The van der Waals surface area contributed by atoms with Crippen molar-refractivity contribution < 1.29 is 13.2 Å². The van der Waals surface area contributed by atoms with Crippen molar-refractivity contribution in [1.29, 1.82) is 0 Å². The molecule has 1 aliphatic rings. The van der Waals surface area contributed by atoms with E-state index in [1.165, 1.54) is 23.9 Å². The number of thiophene rings is 1. The molecule has 0 atom stereocenters. The molecule has 9 heteroatoms. The Balaban J connectivity index is 1.36. The third-order valence-electron chi connectivity index (χ3n) is 5.08. The van der Waals surface area contributed by atoms with E-state index in [0.29, 0.717) is 23.7 Å². The molecular formula is C21H30N4O3S2. The molecule has 0 bridgehead atoms. The Hall–Kier alpha value is -1.94. The number of carbonyl (C=O) groups excluding carboxylic acids is 1. The van der Waals surface area contributed by atoms with E-state index in [4.69, 9.17) is 0 Å². The van der Waals surface area contributed by atoms with E-state index in [1.54, 1.807) is 6.07 Å². The maximum Gasteiger partial charge on any atom is 0.250 e. The van der Waals surface area contributed by atoms with Gasteiger partial charge in [0.05, 0.1) is 0 Å². The van der Waals surface area contributed by atoms with Crippen LogP contribution in [0.25, 0.3) is 0 Å². The van der Waals surface area contributed by atoms with Crippen LogP contribution in [0.15, 0.2) is 46.7 Å². The fraction of sp³-hybridized carbons (Fsp3) is 0.476. The van der Waals surface area contributed by atoms with Gasteiger partial charge in [-0.05, 0) is 43.7 Å². The average Bonchev–Trinajstić information content (AvgIpc) is 3.22. The maximum absolute atomic E-state index is 12.5. The van der Waals surface area contributed by atoms with E-state index in [1.807, 2.05) is 12.1 Å². The first-order valence-electron chi connectivity index (χ1n) is 10.3. The molecule has 0 spiro atoms. The molecule has 1 aliphatic heterocycles. The summed E-state index contributed by atoms with van der Waals surface area (Å²) in [5.74, 6) is -0.0810. The van der Waals surface area contributed by atoms with Crippen molar-refractivity contribution in [3.63, 3.8) is 0 Å². The molecule has 2 N–H and O–H groups in total. The van der Waals surface area contributed by atoms with Gasteiger partial charge >= 0.3 is 0 Å². The van der Waals surface area contributed by atoms with Crippen LogP contribution in [0.5, 0.6) is 0 Å². The fourth-order valence-corrected chi connectivity index (χ4v) is 5.92. The molecule has 1 aromatic carbocycles. The molecule has 0 aliphatic carbocycles. The predicted octanol–water partition coefficient (Wildman–Crippen LogP) is 1.92. The van der Waals surface area contributed by atoms with E-state index in [9.17, 15) is 13.2 Å². The molecule has 1 fully saturated rings. The van der Waals surface area contributed by atoms with Crippen LogP contribution in [0, 0.1) is 0 Å². The molecule has 3 rings (SSSR count). The second-order valence-corrected chi connectivity index (χ2v) is 10.5. The molecule has 30 heavy (non-hydrogen) atoms. The van der Waals surface area contributed by atoms with Crippen molar-refractivity contribution in [2.24, 2.45) is 0 Å². The molecule has 0 saturated carbocycles. The minimum absolute atomic E-state index is 0.0810. The SMILES string of the molecule is CC(=O)NCCc1ccc(S(=O)(=O)NCCCN2CCN(c3ccccc3)CC2)s1. The zero-order chi connectivity index (χ0) is 21.4. The van der Waals surface area contributed by atoms with Crippen molar-refractivity contribution in [1.82, 2.24) is 14.9 Å². The van der Waals surface area contributed by atoms with Gasteiger partial charge in [0.15, 0.2) is 0 Å². The zero-order valence-electron chi connectivity index (χ0n) is 17.3. The zero-order valence-corrected chi connectivity index (χ0v) is 19.0. The number of sulfonamides is 1. The summed E-state index contributed by atoms with van der Waals surface area (Å²) in [7, 11) is -3.47. The highest BCUT2D eigenvalue weighted by atomic mass is 32.2. The lowest BCUT2D eigenvalue weighted by Crippen LogP contribution is -2.47. The van der Waals surface area contributed by atoms with Crippen LogP contribution in [-0.4, -0.2) is 65.0 Å². The molecule has 1 amide bonds. The molecule has 164 valence electrons. The van der Waals surface area contributed by atoms with Gasteiger partial charge in [-0.1, -0.05) is 18.2 Å². The van der Waals surface area contributed by atoms with Crippen molar-refractivity contribution in [3.05, 3.63) is 47.3 Å². The van der Waals surface area contributed by atoms with Crippen molar-refractivity contribution in [2.75, 3.05) is 50.7 Å². The highest BCUT2D eigenvalue weighted by Gasteiger charge is 2.18. The molecule has 2 aromatic rings. The van der Waals surface area contributed by atoms with E-state index >= 15 is 0 Å². The average molecular weight is 451 g/mol. The first kappa shape index (κ1) is 22.7. The Bertz CT molecular complexity index is 907. The van der Waals surface area contributed by atoms with Gasteiger partial charge in [0.25, 0.3) is 0 Å². The number of anilines is 1. The van der Waals surface area contributed by atoms with Crippen LogP contribution in [0.4, 0.5) is 5.69 Å². The van der Waals surface area contributed by atoms with Gasteiger partial charge in [0.2, 0.25) is 15.9 Å². The first-order chi connectivity index (χ1) is 14.4. The highest BCUT2D eigenvalue weighted by molar-refractivity contribution is 7.91. The van der Waals surface area contributed by atoms with Crippen molar-refractivity contribution in [3.8, 4) is 0 Å². The van der Waals surface area contributed by atoms with E-state index in [0.717, 1.165) is 44.0 Å². The van der Waals surface area contributed by atoms with E-state index in [-0.39, 0.29) is 5.91 Å². The number of benzene rings is 1. The van der Waals surface area contributed by atoms with Crippen LogP contribution < -0.4 is 14.9 Å². The Morgan fingerprint density at radius 3 is 2.47 bits per heavy atom. The Morgan fingerprint density at radius 1 is 1.03 bits per heavy atom. The Morgan fingerprint density at radius 2 is 1.77 bits per heavy atom. The highest BCUT2D eigenvalue weighted by Crippen LogP contribution is 2.21. The number of nitrogens with one attached hydrogen (secondary N) is 2. The number of rotatable bonds is 10. The Kier molecular flexibility index (Phi) is 8.26. The summed E-state index contributed by atoms with van der Waals surface area (Å²) in [5, 5.41) is 2.72. The van der Waals surface area contributed by atoms with E-state index < -0.39 is 10.0 Å². The molecule has 0 unspecified atom stereocenters. The second-order valence-electron chi connectivity index (χ2n) is 7.37. The van der Waals surface area contributed by atoms with E-state index in [2.05, 4.69) is 44.1 Å². The second kappa shape index (κ2) is 10.9. The van der Waals surface area contributed by atoms with Crippen LogP contribution in [0.2, 0.25) is 0 Å². The molecule has 2 heterocycles. The standard InChI is InChI=1S/C21H30N4O3S2/c1-18(26)22-12-10-20-8-9-21(29-20)30(27,28)23-11-5-13-24-14-16-25(17-15-24)19-6-3-2-4-7-19/h2-4,6-9,23H,5,10-17H2,1H3,(H,22,26). The quantitative estimate of drug-likeness (QED) is 0.541. The molecular weight excluding hydrogens is 420 g/mol. The minimum atomic E-state index is -3.47. The summed E-state index contributed by atoms with van der Waals surface area (Å²) in [6.45, 7) is 7.27. The lowest BCUT2D eigenvalue weighted by atomic mass is 10.2. The third kappa shape index (κ3) is 6.80. The predicted molar refractivity (Wildman–Crippen MR) is 122 cm³/mol. The van der Waals surface area contributed by atoms with Crippen molar-refractivity contribution in [2.45, 2.75) is 24.0 Å². The normalized spacial score (nSPS) is 15.3. The summed E-state index contributed by atoms with van der Waals surface area (Å²) < 4.78 is 28.0. The minimum Gasteiger partial charge on any atom is -0.369 e.